The Morgan fingerprint density at radius 3 is 3.05 bits per heavy atom. The smallest absolute Gasteiger partial charge is 0.255 e. The highest BCUT2D eigenvalue weighted by molar-refractivity contribution is 6.29. The lowest BCUT2D eigenvalue weighted by molar-refractivity contribution is 0.102. The molecule has 0 radical (unpaired) electrons. The molecule has 5 heteroatoms. The number of rotatable bonds is 2. The van der Waals surface area contributed by atoms with E-state index in [0.29, 0.717) is 16.4 Å². The Kier molecular flexibility index (Phi) is 3.09. The minimum absolute atomic E-state index is 0.142. The van der Waals surface area contributed by atoms with Crippen LogP contribution in [-0.2, 0) is 6.42 Å². The van der Waals surface area contributed by atoms with Crippen LogP contribution in [0.5, 0.6) is 0 Å². The number of carbonyl (C=O) groups excluding carboxylic acids is 1. The highest BCUT2D eigenvalue weighted by atomic mass is 35.5. The lowest BCUT2D eigenvalue weighted by atomic mass is 10.1. The van der Waals surface area contributed by atoms with Gasteiger partial charge in [0.25, 0.3) is 5.91 Å². The van der Waals surface area contributed by atoms with Crippen LogP contribution in [0.1, 0.15) is 15.9 Å². The molecular formula is C14H12ClN3O. The van der Waals surface area contributed by atoms with Crippen molar-refractivity contribution in [1.29, 1.82) is 0 Å². The maximum atomic E-state index is 12.1. The van der Waals surface area contributed by atoms with Gasteiger partial charge in [0, 0.05) is 29.7 Å². The molecule has 3 rings (SSSR count). The molecule has 1 aliphatic heterocycles. The van der Waals surface area contributed by atoms with Gasteiger partial charge in [0.2, 0.25) is 0 Å². The van der Waals surface area contributed by atoms with Crippen molar-refractivity contribution in [3.8, 4) is 0 Å². The predicted molar refractivity (Wildman–Crippen MR) is 75.8 cm³/mol. The number of fused-ring (bicyclic) bond motifs is 1. The molecule has 2 heterocycles. The molecule has 1 aromatic heterocycles. The molecule has 0 saturated heterocycles. The summed E-state index contributed by atoms with van der Waals surface area (Å²) in [6.07, 6.45) is 2.52. The van der Waals surface area contributed by atoms with Gasteiger partial charge in [-0.3, -0.25) is 4.79 Å². The second-order valence-corrected chi connectivity index (χ2v) is 4.76. The van der Waals surface area contributed by atoms with Gasteiger partial charge in [-0.05, 0) is 42.3 Å². The largest absolute Gasteiger partial charge is 0.384 e. The molecule has 1 aromatic carbocycles. The number of carbonyl (C=O) groups is 1. The summed E-state index contributed by atoms with van der Waals surface area (Å²) in [4.78, 5) is 16.0. The quantitative estimate of drug-likeness (QED) is 0.827. The summed E-state index contributed by atoms with van der Waals surface area (Å²) in [5.74, 6) is -0.142. The predicted octanol–water partition coefficient (Wildman–Crippen LogP) is 2.96. The van der Waals surface area contributed by atoms with E-state index in [0.717, 1.165) is 18.7 Å². The number of benzene rings is 1. The van der Waals surface area contributed by atoms with Crippen molar-refractivity contribution in [1.82, 2.24) is 4.98 Å². The first kappa shape index (κ1) is 12.0. The van der Waals surface area contributed by atoms with Gasteiger partial charge in [0.05, 0.1) is 0 Å². The fraction of sp³-hybridized carbons (Fsp3) is 0.143. The molecule has 1 aliphatic rings. The standard InChI is InChI=1S/C14H12ClN3O/c15-13-8-11(4-6-17-13)18-14(19)10-1-2-12-9(7-10)3-5-16-12/h1-2,4,6-8,16H,3,5H2,(H,17,18,19). The average Bonchev–Trinajstić information content (AvgIpc) is 2.85. The molecule has 1 amide bonds. The number of hydrogen-bond donors (Lipinski definition) is 2. The van der Waals surface area contributed by atoms with Gasteiger partial charge in [0.15, 0.2) is 0 Å². The van der Waals surface area contributed by atoms with Gasteiger partial charge in [-0.15, -0.1) is 0 Å². The van der Waals surface area contributed by atoms with Crippen LogP contribution in [0.4, 0.5) is 11.4 Å². The molecule has 0 unspecified atom stereocenters. The summed E-state index contributed by atoms with van der Waals surface area (Å²) < 4.78 is 0. The Hall–Kier alpha value is -2.07. The molecule has 0 saturated carbocycles. The van der Waals surface area contributed by atoms with Crippen molar-refractivity contribution in [3.05, 3.63) is 52.8 Å². The van der Waals surface area contributed by atoms with E-state index in [1.54, 1.807) is 18.3 Å². The lowest BCUT2D eigenvalue weighted by Crippen LogP contribution is -2.12. The van der Waals surface area contributed by atoms with Gasteiger partial charge < -0.3 is 10.6 Å². The van der Waals surface area contributed by atoms with Crippen molar-refractivity contribution >= 4 is 28.9 Å². The van der Waals surface area contributed by atoms with Crippen LogP contribution in [-0.4, -0.2) is 17.4 Å². The van der Waals surface area contributed by atoms with Crippen molar-refractivity contribution in [2.75, 3.05) is 17.2 Å². The zero-order valence-electron chi connectivity index (χ0n) is 10.1. The number of amides is 1. The van der Waals surface area contributed by atoms with Crippen molar-refractivity contribution in [3.63, 3.8) is 0 Å². The van der Waals surface area contributed by atoms with E-state index < -0.39 is 0 Å². The van der Waals surface area contributed by atoms with Crippen LogP contribution in [0.25, 0.3) is 0 Å². The summed E-state index contributed by atoms with van der Waals surface area (Å²) in [5, 5.41) is 6.43. The minimum atomic E-state index is -0.142. The summed E-state index contributed by atoms with van der Waals surface area (Å²) in [7, 11) is 0. The number of halogens is 1. The maximum Gasteiger partial charge on any atom is 0.255 e. The first-order chi connectivity index (χ1) is 9.22. The molecule has 2 aromatic rings. The van der Waals surface area contributed by atoms with E-state index in [1.807, 2.05) is 18.2 Å². The molecule has 19 heavy (non-hydrogen) atoms. The molecule has 4 nitrogen and oxygen atoms in total. The summed E-state index contributed by atoms with van der Waals surface area (Å²) in [6.45, 7) is 0.931. The van der Waals surface area contributed by atoms with Crippen molar-refractivity contribution in [2.24, 2.45) is 0 Å². The molecule has 0 bridgehead atoms. The number of pyridine rings is 1. The first-order valence-electron chi connectivity index (χ1n) is 6.02. The third-order valence-corrected chi connectivity index (χ3v) is 3.27. The lowest BCUT2D eigenvalue weighted by Gasteiger charge is -2.07. The average molecular weight is 274 g/mol. The Balaban J connectivity index is 1.81. The molecule has 0 fully saturated rings. The number of aromatic nitrogens is 1. The van der Waals surface area contributed by atoms with Gasteiger partial charge in [-0.2, -0.15) is 0 Å². The number of hydrogen-bond acceptors (Lipinski definition) is 3. The van der Waals surface area contributed by atoms with Crippen LogP contribution in [0.3, 0.4) is 0 Å². The second kappa shape index (κ2) is 4.90. The van der Waals surface area contributed by atoms with Crippen LogP contribution in [0.2, 0.25) is 5.15 Å². The van der Waals surface area contributed by atoms with E-state index in [1.165, 1.54) is 5.56 Å². The van der Waals surface area contributed by atoms with Crippen molar-refractivity contribution < 1.29 is 4.79 Å². The fourth-order valence-corrected chi connectivity index (χ4v) is 2.30. The maximum absolute atomic E-state index is 12.1. The van der Waals surface area contributed by atoms with Gasteiger partial charge >= 0.3 is 0 Å². The molecule has 0 atom stereocenters. The third-order valence-electron chi connectivity index (χ3n) is 3.06. The van der Waals surface area contributed by atoms with Crippen LogP contribution in [0, 0.1) is 0 Å². The van der Waals surface area contributed by atoms with Gasteiger partial charge in [-0.25, -0.2) is 4.98 Å². The van der Waals surface area contributed by atoms with Crippen LogP contribution in [0.15, 0.2) is 36.5 Å². The number of anilines is 2. The highest BCUT2D eigenvalue weighted by Crippen LogP contribution is 2.23. The first-order valence-corrected chi connectivity index (χ1v) is 6.40. The zero-order valence-corrected chi connectivity index (χ0v) is 10.9. The van der Waals surface area contributed by atoms with Crippen LogP contribution < -0.4 is 10.6 Å². The van der Waals surface area contributed by atoms with Crippen LogP contribution >= 0.6 is 11.6 Å². The third kappa shape index (κ3) is 2.53. The molecule has 2 N–H and O–H groups in total. The monoisotopic (exact) mass is 273 g/mol. The minimum Gasteiger partial charge on any atom is -0.384 e. The van der Waals surface area contributed by atoms with E-state index in [9.17, 15) is 4.79 Å². The highest BCUT2D eigenvalue weighted by Gasteiger charge is 2.13. The second-order valence-electron chi connectivity index (χ2n) is 4.37. The van der Waals surface area contributed by atoms with E-state index in [-0.39, 0.29) is 5.91 Å². The fourth-order valence-electron chi connectivity index (χ4n) is 2.13. The summed E-state index contributed by atoms with van der Waals surface area (Å²) >= 11 is 5.78. The summed E-state index contributed by atoms with van der Waals surface area (Å²) in [6, 6.07) is 9.01. The molecular weight excluding hydrogens is 262 g/mol. The van der Waals surface area contributed by atoms with Gasteiger partial charge in [0.1, 0.15) is 5.15 Å². The number of nitrogens with zero attached hydrogens (tertiary/aromatic N) is 1. The Morgan fingerprint density at radius 2 is 2.21 bits per heavy atom. The van der Waals surface area contributed by atoms with E-state index >= 15 is 0 Å². The zero-order chi connectivity index (χ0) is 13.2. The SMILES string of the molecule is O=C(Nc1ccnc(Cl)c1)c1ccc2c(c1)CCN2. The van der Waals surface area contributed by atoms with E-state index in [2.05, 4.69) is 15.6 Å². The van der Waals surface area contributed by atoms with Crippen molar-refractivity contribution in [2.45, 2.75) is 6.42 Å². The molecule has 0 aliphatic carbocycles. The topological polar surface area (TPSA) is 54.0 Å². The Morgan fingerprint density at radius 1 is 1.32 bits per heavy atom. The summed E-state index contributed by atoms with van der Waals surface area (Å²) in [5.41, 5.74) is 3.59. The number of nitrogens with one attached hydrogen (secondary N) is 2. The van der Waals surface area contributed by atoms with E-state index in [4.69, 9.17) is 11.6 Å². The molecule has 0 spiro atoms. The Bertz CT molecular complexity index is 642. The Labute approximate surface area is 115 Å². The normalized spacial score (nSPS) is 12.7. The molecule has 96 valence electrons. The van der Waals surface area contributed by atoms with Gasteiger partial charge in [-0.1, -0.05) is 11.6 Å².